The topological polar surface area (TPSA) is 103 Å². The van der Waals surface area contributed by atoms with Crippen LogP contribution in [0.3, 0.4) is 0 Å². The number of aromatic nitrogens is 4. The van der Waals surface area contributed by atoms with Crippen LogP contribution in [0.15, 0.2) is 61.1 Å². The Bertz CT molecular complexity index is 1450. The number of anilines is 1. The van der Waals surface area contributed by atoms with Gasteiger partial charge in [0.05, 0.1) is 36.2 Å². The molecule has 2 aliphatic heterocycles. The highest BCUT2D eigenvalue weighted by Gasteiger charge is 2.44. The van der Waals surface area contributed by atoms with Crippen LogP contribution in [0.5, 0.6) is 5.75 Å². The van der Waals surface area contributed by atoms with Crippen LogP contribution >= 0.6 is 11.6 Å². The first-order valence-corrected chi connectivity index (χ1v) is 13.2. The average molecular weight is 533 g/mol. The number of carbonyl (C=O) groups is 1. The summed E-state index contributed by atoms with van der Waals surface area (Å²) in [5.74, 6) is 0.995. The normalized spacial score (nSPS) is 20.7. The van der Waals surface area contributed by atoms with Crippen LogP contribution in [0.25, 0.3) is 10.8 Å². The Labute approximate surface area is 225 Å². The van der Waals surface area contributed by atoms with Gasteiger partial charge in [0.1, 0.15) is 5.75 Å². The van der Waals surface area contributed by atoms with Crippen molar-refractivity contribution in [3.8, 4) is 5.75 Å². The summed E-state index contributed by atoms with van der Waals surface area (Å²) in [6.07, 6.45) is 6.97. The third-order valence-corrected chi connectivity index (χ3v) is 7.62. The maximum Gasteiger partial charge on any atom is 0.236 e. The quantitative estimate of drug-likeness (QED) is 0.354. The van der Waals surface area contributed by atoms with Crippen LogP contribution < -0.4 is 15.4 Å². The van der Waals surface area contributed by atoms with E-state index < -0.39 is 5.41 Å². The van der Waals surface area contributed by atoms with Crippen molar-refractivity contribution in [3.05, 3.63) is 77.3 Å². The summed E-state index contributed by atoms with van der Waals surface area (Å²) in [5, 5.41) is 17.7. The standard InChI is InChI=1S/C28H29ClN6O3/c29-21-5-6-26-24(11-21)28(8-10-38-26,27(36)32-25-14-30-12-20-3-1-2-4-23(20)25)18-31-13-22-16-35(34-33-22)15-19-7-9-37-17-19/h1-6,11-12,14,16,19,31H,7-10,13,15,17-18H2,(H,32,36). The van der Waals surface area contributed by atoms with Gasteiger partial charge in [0.25, 0.3) is 0 Å². The van der Waals surface area contributed by atoms with Gasteiger partial charge in [0.2, 0.25) is 5.91 Å². The summed E-state index contributed by atoms with van der Waals surface area (Å²) in [7, 11) is 0. The highest BCUT2D eigenvalue weighted by molar-refractivity contribution is 6.30. The van der Waals surface area contributed by atoms with E-state index in [1.807, 2.05) is 47.3 Å². The molecule has 196 valence electrons. The highest BCUT2D eigenvalue weighted by Crippen LogP contribution is 2.41. The fourth-order valence-electron chi connectivity index (χ4n) is 5.33. The van der Waals surface area contributed by atoms with Crippen molar-refractivity contribution in [1.29, 1.82) is 0 Å². The summed E-state index contributed by atoms with van der Waals surface area (Å²) in [5.41, 5.74) is 1.34. The smallest absolute Gasteiger partial charge is 0.236 e. The molecule has 4 aromatic rings. The Hall–Kier alpha value is -3.53. The zero-order valence-corrected chi connectivity index (χ0v) is 21.7. The molecule has 0 bridgehead atoms. The number of amides is 1. The predicted octanol–water partition coefficient (Wildman–Crippen LogP) is 3.97. The van der Waals surface area contributed by atoms with Crippen LogP contribution in [-0.4, -0.2) is 52.3 Å². The summed E-state index contributed by atoms with van der Waals surface area (Å²) in [6, 6.07) is 13.3. The van der Waals surface area contributed by atoms with Gasteiger partial charge in [-0.2, -0.15) is 0 Å². The van der Waals surface area contributed by atoms with E-state index in [4.69, 9.17) is 21.1 Å². The molecule has 2 aliphatic rings. The molecule has 2 aromatic carbocycles. The molecular formula is C28H29ClN6O3. The molecule has 10 heteroatoms. The molecule has 2 aromatic heterocycles. The zero-order chi connectivity index (χ0) is 26.0. The van der Waals surface area contributed by atoms with E-state index in [0.29, 0.717) is 48.5 Å². The number of hydrogen-bond acceptors (Lipinski definition) is 7. The lowest BCUT2D eigenvalue weighted by atomic mass is 9.74. The number of rotatable bonds is 8. The van der Waals surface area contributed by atoms with Crippen LogP contribution in [0.1, 0.15) is 24.1 Å². The van der Waals surface area contributed by atoms with Crippen molar-refractivity contribution < 1.29 is 14.3 Å². The second kappa shape index (κ2) is 10.7. The van der Waals surface area contributed by atoms with Crippen molar-refractivity contribution in [2.24, 2.45) is 5.92 Å². The maximum absolute atomic E-state index is 14.1. The molecule has 38 heavy (non-hydrogen) atoms. The Balaban J connectivity index is 1.25. The third kappa shape index (κ3) is 4.97. The van der Waals surface area contributed by atoms with Gasteiger partial charge in [0, 0.05) is 72.3 Å². The Morgan fingerprint density at radius 1 is 1.18 bits per heavy atom. The number of benzene rings is 2. The number of nitrogens with zero attached hydrogens (tertiary/aromatic N) is 4. The summed E-state index contributed by atoms with van der Waals surface area (Å²) in [4.78, 5) is 18.5. The molecule has 0 radical (unpaired) electrons. The first kappa shape index (κ1) is 24.8. The minimum absolute atomic E-state index is 0.139. The minimum Gasteiger partial charge on any atom is -0.493 e. The molecule has 4 heterocycles. The van der Waals surface area contributed by atoms with E-state index in [1.165, 1.54) is 0 Å². The monoisotopic (exact) mass is 532 g/mol. The van der Waals surface area contributed by atoms with E-state index in [-0.39, 0.29) is 5.91 Å². The van der Waals surface area contributed by atoms with Crippen molar-refractivity contribution in [1.82, 2.24) is 25.3 Å². The van der Waals surface area contributed by atoms with E-state index >= 15 is 0 Å². The Morgan fingerprint density at radius 2 is 2.11 bits per heavy atom. The highest BCUT2D eigenvalue weighted by atomic mass is 35.5. The molecule has 9 nitrogen and oxygen atoms in total. The van der Waals surface area contributed by atoms with Gasteiger partial charge in [-0.1, -0.05) is 41.1 Å². The number of pyridine rings is 1. The third-order valence-electron chi connectivity index (χ3n) is 7.38. The fraction of sp³-hybridized carbons (Fsp3) is 0.357. The van der Waals surface area contributed by atoms with Crippen molar-refractivity contribution in [3.63, 3.8) is 0 Å². The molecule has 1 fully saturated rings. The van der Waals surface area contributed by atoms with E-state index in [9.17, 15) is 4.79 Å². The Kier molecular flexibility index (Phi) is 6.97. The first-order valence-electron chi connectivity index (χ1n) is 12.9. The minimum atomic E-state index is -0.910. The van der Waals surface area contributed by atoms with Gasteiger partial charge in [-0.25, -0.2) is 0 Å². The van der Waals surface area contributed by atoms with Gasteiger partial charge in [-0.05, 0) is 24.6 Å². The lowest BCUT2D eigenvalue weighted by molar-refractivity contribution is -0.122. The number of ether oxygens (including phenoxy) is 2. The SMILES string of the molecule is O=C(Nc1cncc2ccccc12)C1(CNCc2cn(CC3CCOC3)nn2)CCOc2ccc(Cl)cc21. The van der Waals surface area contributed by atoms with Crippen molar-refractivity contribution >= 4 is 34.0 Å². The predicted molar refractivity (Wildman–Crippen MR) is 144 cm³/mol. The molecule has 1 amide bonds. The number of nitrogens with one attached hydrogen (secondary N) is 2. The van der Waals surface area contributed by atoms with Crippen LogP contribution in [0, 0.1) is 5.92 Å². The molecular weight excluding hydrogens is 504 g/mol. The zero-order valence-electron chi connectivity index (χ0n) is 20.9. The number of halogens is 1. The van der Waals surface area contributed by atoms with Gasteiger partial charge >= 0.3 is 0 Å². The van der Waals surface area contributed by atoms with Gasteiger partial charge in [0.15, 0.2) is 0 Å². The van der Waals surface area contributed by atoms with Crippen molar-refractivity contribution in [2.75, 3.05) is 31.7 Å². The maximum atomic E-state index is 14.1. The molecule has 2 N–H and O–H groups in total. The number of hydrogen-bond donors (Lipinski definition) is 2. The van der Waals surface area contributed by atoms with Crippen LogP contribution in [0.2, 0.25) is 5.02 Å². The Morgan fingerprint density at radius 3 is 3.00 bits per heavy atom. The summed E-state index contributed by atoms with van der Waals surface area (Å²) in [6.45, 7) is 3.63. The first-order chi connectivity index (χ1) is 18.6. The molecule has 6 rings (SSSR count). The van der Waals surface area contributed by atoms with Crippen molar-refractivity contribution in [2.45, 2.75) is 31.3 Å². The largest absolute Gasteiger partial charge is 0.493 e. The molecule has 0 spiro atoms. The fourth-order valence-corrected chi connectivity index (χ4v) is 5.51. The molecule has 0 saturated carbocycles. The summed E-state index contributed by atoms with van der Waals surface area (Å²) < 4.78 is 13.3. The molecule has 2 unspecified atom stereocenters. The lowest BCUT2D eigenvalue weighted by Crippen LogP contribution is -2.50. The second-order valence-corrected chi connectivity index (χ2v) is 10.4. The summed E-state index contributed by atoms with van der Waals surface area (Å²) >= 11 is 6.40. The second-order valence-electron chi connectivity index (χ2n) is 9.95. The number of carbonyl (C=O) groups excluding carboxylic acids is 1. The van der Waals surface area contributed by atoms with Crippen LogP contribution in [0.4, 0.5) is 5.69 Å². The van der Waals surface area contributed by atoms with E-state index in [1.54, 1.807) is 18.5 Å². The molecule has 1 saturated heterocycles. The van der Waals surface area contributed by atoms with Crippen LogP contribution in [-0.2, 0) is 28.0 Å². The molecule has 2 atom stereocenters. The average Bonchev–Trinajstić information content (AvgIpc) is 3.61. The van der Waals surface area contributed by atoms with Gasteiger partial charge in [-0.15, -0.1) is 5.10 Å². The molecule has 0 aliphatic carbocycles. The lowest BCUT2D eigenvalue weighted by Gasteiger charge is -2.38. The van der Waals surface area contributed by atoms with Gasteiger partial charge in [-0.3, -0.25) is 14.5 Å². The van der Waals surface area contributed by atoms with E-state index in [0.717, 1.165) is 48.2 Å². The van der Waals surface area contributed by atoms with E-state index in [2.05, 4.69) is 25.9 Å². The van der Waals surface area contributed by atoms with Gasteiger partial charge < -0.3 is 20.1 Å². The number of fused-ring (bicyclic) bond motifs is 2.